The van der Waals surface area contributed by atoms with Crippen LogP contribution < -0.4 is 5.73 Å². The molecule has 0 aromatic heterocycles. The van der Waals surface area contributed by atoms with Gasteiger partial charge in [-0.25, -0.2) is 0 Å². The molecule has 2 N–H and O–H groups in total. The minimum atomic E-state index is -0.0327. The van der Waals surface area contributed by atoms with Gasteiger partial charge in [-0.1, -0.05) is 31.5 Å². The minimum Gasteiger partial charge on any atom is -0.397 e. The van der Waals surface area contributed by atoms with E-state index in [4.69, 9.17) is 17.3 Å². The lowest BCUT2D eigenvalue weighted by Gasteiger charge is -2.38. The molecule has 0 saturated heterocycles. The lowest BCUT2D eigenvalue weighted by Crippen LogP contribution is -2.41. The molecule has 0 bridgehead atoms. The molecule has 0 spiro atoms. The highest BCUT2D eigenvalue weighted by Crippen LogP contribution is 2.37. The van der Waals surface area contributed by atoms with Gasteiger partial charge in [-0.15, -0.1) is 0 Å². The largest absolute Gasteiger partial charge is 0.397 e. The second kappa shape index (κ2) is 5.65. The van der Waals surface area contributed by atoms with Gasteiger partial charge in [-0.05, 0) is 43.2 Å². The number of anilines is 1. The van der Waals surface area contributed by atoms with E-state index >= 15 is 0 Å². The molecule has 1 fully saturated rings. The molecule has 1 amide bonds. The van der Waals surface area contributed by atoms with Gasteiger partial charge in [-0.3, -0.25) is 4.79 Å². The smallest absolute Gasteiger partial charge is 0.255 e. The van der Waals surface area contributed by atoms with Crippen molar-refractivity contribution >= 4 is 23.2 Å². The molecule has 0 radical (unpaired) electrons. The predicted octanol–water partition coefficient (Wildman–Crippen LogP) is 3.96. The summed E-state index contributed by atoms with van der Waals surface area (Å²) < 4.78 is 0. The lowest BCUT2D eigenvalue weighted by molar-refractivity contribution is 0.0636. The number of hydrogen-bond donors (Lipinski definition) is 1. The maximum Gasteiger partial charge on any atom is 0.255 e. The maximum absolute atomic E-state index is 12.6. The first-order chi connectivity index (χ1) is 9.32. The van der Waals surface area contributed by atoms with Crippen LogP contribution in [0.3, 0.4) is 0 Å². The molecule has 1 aliphatic rings. The highest BCUT2D eigenvalue weighted by molar-refractivity contribution is 6.33. The Kier molecular flexibility index (Phi) is 4.28. The van der Waals surface area contributed by atoms with Crippen LogP contribution in [0.2, 0.25) is 5.02 Å². The highest BCUT2D eigenvalue weighted by atomic mass is 35.5. The number of nitrogens with two attached hydrogens (primary N) is 1. The summed E-state index contributed by atoms with van der Waals surface area (Å²) in [6.45, 7) is 4.58. The highest BCUT2D eigenvalue weighted by Gasteiger charge is 2.31. The molecule has 0 heterocycles. The van der Waals surface area contributed by atoms with Crippen LogP contribution in [0, 0.1) is 5.41 Å². The van der Waals surface area contributed by atoms with Crippen molar-refractivity contribution < 1.29 is 4.79 Å². The van der Waals surface area contributed by atoms with Crippen molar-refractivity contribution in [3.05, 3.63) is 28.8 Å². The zero-order valence-corrected chi connectivity index (χ0v) is 13.2. The van der Waals surface area contributed by atoms with E-state index in [-0.39, 0.29) is 5.91 Å². The van der Waals surface area contributed by atoms with Crippen molar-refractivity contribution in [2.75, 3.05) is 12.8 Å². The fourth-order valence-electron chi connectivity index (χ4n) is 2.85. The molecule has 0 aliphatic heterocycles. The van der Waals surface area contributed by atoms with Crippen LogP contribution in [-0.2, 0) is 0 Å². The van der Waals surface area contributed by atoms with E-state index in [1.807, 2.05) is 11.9 Å². The fourth-order valence-corrected chi connectivity index (χ4v) is 3.03. The average molecular weight is 295 g/mol. The van der Waals surface area contributed by atoms with Crippen LogP contribution in [0.1, 0.15) is 49.9 Å². The van der Waals surface area contributed by atoms with Gasteiger partial charge in [0.1, 0.15) is 0 Å². The molecule has 20 heavy (non-hydrogen) atoms. The topological polar surface area (TPSA) is 46.3 Å². The molecule has 2 rings (SSSR count). The van der Waals surface area contributed by atoms with E-state index in [9.17, 15) is 4.79 Å². The maximum atomic E-state index is 12.6. The molecule has 0 unspecified atom stereocenters. The third-order valence-electron chi connectivity index (χ3n) is 4.46. The van der Waals surface area contributed by atoms with Gasteiger partial charge in [0.25, 0.3) is 5.91 Å². The van der Waals surface area contributed by atoms with Gasteiger partial charge < -0.3 is 10.6 Å². The summed E-state index contributed by atoms with van der Waals surface area (Å²) >= 11 is 5.99. The summed E-state index contributed by atoms with van der Waals surface area (Å²) in [4.78, 5) is 14.4. The minimum absolute atomic E-state index is 0.0327. The number of carbonyl (C=O) groups is 1. The van der Waals surface area contributed by atoms with Gasteiger partial charge in [-0.2, -0.15) is 0 Å². The first-order valence-corrected chi connectivity index (χ1v) is 7.51. The summed E-state index contributed by atoms with van der Waals surface area (Å²) in [6.07, 6.45) is 4.41. The summed E-state index contributed by atoms with van der Waals surface area (Å²) in [6, 6.07) is 5.52. The van der Waals surface area contributed by atoms with Gasteiger partial charge >= 0.3 is 0 Å². The molecule has 110 valence electrons. The predicted molar refractivity (Wildman–Crippen MR) is 84.0 cm³/mol. The number of rotatable bonds is 2. The Bertz CT molecular complexity index is 503. The number of nitrogen functional groups attached to an aromatic ring is 1. The number of nitrogens with zero attached hydrogens (tertiary/aromatic N) is 1. The van der Waals surface area contributed by atoms with E-state index in [1.165, 1.54) is 0 Å². The van der Waals surface area contributed by atoms with Crippen molar-refractivity contribution in [2.45, 2.75) is 45.6 Å². The summed E-state index contributed by atoms with van der Waals surface area (Å²) in [5.74, 6) is -0.0327. The Hall–Kier alpha value is -1.22. The lowest BCUT2D eigenvalue weighted by atomic mass is 9.75. The van der Waals surface area contributed by atoms with Crippen LogP contribution in [0.25, 0.3) is 0 Å². The monoisotopic (exact) mass is 294 g/mol. The van der Waals surface area contributed by atoms with Crippen molar-refractivity contribution in [2.24, 2.45) is 5.41 Å². The normalized spacial score (nSPS) is 18.8. The molecule has 0 atom stereocenters. The van der Waals surface area contributed by atoms with Gasteiger partial charge in [0.2, 0.25) is 0 Å². The van der Waals surface area contributed by atoms with Gasteiger partial charge in [0, 0.05) is 13.1 Å². The molecule has 3 nitrogen and oxygen atoms in total. The Morgan fingerprint density at radius 3 is 2.55 bits per heavy atom. The van der Waals surface area contributed by atoms with Gasteiger partial charge in [0.15, 0.2) is 0 Å². The van der Waals surface area contributed by atoms with E-state index in [0.717, 1.165) is 25.7 Å². The zero-order chi connectivity index (χ0) is 14.9. The van der Waals surface area contributed by atoms with Crippen molar-refractivity contribution in [1.29, 1.82) is 0 Å². The quantitative estimate of drug-likeness (QED) is 0.839. The van der Waals surface area contributed by atoms with Crippen LogP contribution in [0.4, 0.5) is 5.69 Å². The van der Waals surface area contributed by atoms with E-state index in [1.54, 1.807) is 18.2 Å². The average Bonchev–Trinajstić information content (AvgIpc) is 2.40. The second-order valence-electron chi connectivity index (χ2n) is 6.51. The molecule has 1 saturated carbocycles. The fraction of sp³-hybridized carbons (Fsp3) is 0.562. The molecular weight excluding hydrogens is 272 g/mol. The van der Waals surface area contributed by atoms with Gasteiger partial charge in [0.05, 0.1) is 16.3 Å². The van der Waals surface area contributed by atoms with E-state index in [0.29, 0.717) is 27.7 Å². The number of halogens is 1. The summed E-state index contributed by atoms with van der Waals surface area (Å²) in [5.41, 5.74) is 7.19. The Morgan fingerprint density at radius 1 is 1.35 bits per heavy atom. The molecule has 4 heteroatoms. The van der Waals surface area contributed by atoms with E-state index in [2.05, 4.69) is 13.8 Å². The molecule has 1 aliphatic carbocycles. The zero-order valence-electron chi connectivity index (χ0n) is 12.4. The van der Waals surface area contributed by atoms with Crippen molar-refractivity contribution in [3.8, 4) is 0 Å². The van der Waals surface area contributed by atoms with Crippen molar-refractivity contribution in [3.63, 3.8) is 0 Å². The first kappa shape index (κ1) is 15.2. The Balaban J connectivity index is 2.11. The Morgan fingerprint density at radius 2 is 1.95 bits per heavy atom. The summed E-state index contributed by atoms with van der Waals surface area (Å²) in [5, 5.41) is 0.439. The van der Waals surface area contributed by atoms with Crippen LogP contribution in [0.15, 0.2) is 18.2 Å². The molecule has 1 aromatic carbocycles. The SMILES string of the molecule is CN(C(=O)c1cccc(Cl)c1N)C1CCC(C)(C)CC1. The Labute approximate surface area is 126 Å². The summed E-state index contributed by atoms with van der Waals surface area (Å²) in [7, 11) is 1.87. The second-order valence-corrected chi connectivity index (χ2v) is 6.92. The number of hydrogen-bond acceptors (Lipinski definition) is 2. The van der Waals surface area contributed by atoms with Crippen LogP contribution >= 0.6 is 11.6 Å². The van der Waals surface area contributed by atoms with E-state index < -0.39 is 0 Å². The number of amides is 1. The molecule has 1 aromatic rings. The third-order valence-corrected chi connectivity index (χ3v) is 4.79. The molecular formula is C16H23ClN2O. The van der Waals surface area contributed by atoms with Crippen LogP contribution in [-0.4, -0.2) is 23.9 Å². The standard InChI is InChI=1S/C16H23ClN2O/c1-16(2)9-7-11(8-10-16)19(3)15(20)12-5-4-6-13(17)14(12)18/h4-6,11H,7-10,18H2,1-3H3. The number of para-hydroxylation sites is 1. The first-order valence-electron chi connectivity index (χ1n) is 7.13. The number of benzene rings is 1. The van der Waals surface area contributed by atoms with Crippen LogP contribution in [0.5, 0.6) is 0 Å². The van der Waals surface area contributed by atoms with Crippen molar-refractivity contribution in [1.82, 2.24) is 4.90 Å². The third kappa shape index (κ3) is 3.09. The number of carbonyl (C=O) groups excluding carboxylic acids is 1.